The molecule has 2 aromatic rings. The van der Waals surface area contributed by atoms with Crippen molar-refractivity contribution < 1.29 is 19.5 Å². The van der Waals surface area contributed by atoms with E-state index in [1.807, 2.05) is 6.07 Å². The maximum atomic E-state index is 12.8. The number of carbonyl (C=O) groups excluding carboxylic acids is 2. The lowest BCUT2D eigenvalue weighted by molar-refractivity contribution is -0.137. The number of nitrogens with zero attached hydrogens (tertiary/aromatic N) is 2. The van der Waals surface area contributed by atoms with Gasteiger partial charge in [0.05, 0.1) is 16.7 Å². The molecule has 1 unspecified atom stereocenters. The fraction of sp³-hybridized carbons (Fsp3) is 0.444. The standard InChI is InChI=1S/C18H22N4O5/c1-21-16-11(19-10-3-2-7-15(24)25)5-4-6-12(16)22(18(21)27)13-8-9-14(23)20-17(13)26/h4-6,13,19H,2-3,7-10H2,1H3,(H,24,25)(H,20,23,26). The number of nitrogens with one attached hydrogen (secondary N) is 2. The summed E-state index contributed by atoms with van der Waals surface area (Å²) >= 11 is 0. The molecule has 3 N–H and O–H groups in total. The number of para-hydroxylation sites is 1. The lowest BCUT2D eigenvalue weighted by Crippen LogP contribution is -2.44. The first-order chi connectivity index (χ1) is 12.9. The van der Waals surface area contributed by atoms with Crippen molar-refractivity contribution in [3.8, 4) is 0 Å². The van der Waals surface area contributed by atoms with E-state index < -0.39 is 17.9 Å². The second-order valence-electron chi connectivity index (χ2n) is 6.63. The fourth-order valence-electron chi connectivity index (χ4n) is 3.44. The Kier molecular flexibility index (Phi) is 5.29. The number of carboxylic acid groups (broad SMARTS) is 1. The molecule has 0 spiro atoms. The van der Waals surface area contributed by atoms with Crippen LogP contribution in [-0.2, 0) is 21.4 Å². The maximum Gasteiger partial charge on any atom is 0.329 e. The van der Waals surface area contributed by atoms with Crippen molar-refractivity contribution in [1.82, 2.24) is 14.5 Å². The van der Waals surface area contributed by atoms with Gasteiger partial charge < -0.3 is 10.4 Å². The molecular weight excluding hydrogens is 352 g/mol. The van der Waals surface area contributed by atoms with Crippen LogP contribution in [0.1, 0.15) is 38.1 Å². The zero-order chi connectivity index (χ0) is 19.6. The third kappa shape index (κ3) is 3.71. The summed E-state index contributed by atoms with van der Waals surface area (Å²) in [6.45, 7) is 0.574. The number of aromatic nitrogens is 2. The molecule has 1 aliphatic rings. The maximum absolute atomic E-state index is 12.8. The van der Waals surface area contributed by atoms with Gasteiger partial charge in [0.25, 0.3) is 0 Å². The van der Waals surface area contributed by atoms with E-state index in [1.165, 1.54) is 9.13 Å². The summed E-state index contributed by atoms with van der Waals surface area (Å²) in [7, 11) is 1.64. The average molecular weight is 374 g/mol. The topological polar surface area (TPSA) is 122 Å². The summed E-state index contributed by atoms with van der Waals surface area (Å²) in [6.07, 6.45) is 1.85. The number of rotatable bonds is 7. The van der Waals surface area contributed by atoms with Gasteiger partial charge in [0.15, 0.2) is 0 Å². The van der Waals surface area contributed by atoms with Crippen LogP contribution in [-0.4, -0.2) is 38.6 Å². The number of imide groups is 1. The second kappa shape index (κ2) is 7.65. The highest BCUT2D eigenvalue weighted by atomic mass is 16.4. The highest BCUT2D eigenvalue weighted by Crippen LogP contribution is 2.27. The number of amides is 2. The van der Waals surface area contributed by atoms with Crippen LogP contribution in [0, 0.1) is 0 Å². The Hall–Kier alpha value is -3.10. The first-order valence-corrected chi connectivity index (χ1v) is 8.89. The fourth-order valence-corrected chi connectivity index (χ4v) is 3.44. The molecule has 0 bridgehead atoms. The van der Waals surface area contributed by atoms with Crippen LogP contribution in [0.3, 0.4) is 0 Å². The Bertz CT molecular complexity index is 959. The predicted octanol–water partition coefficient (Wildman–Crippen LogP) is 0.984. The number of unbranched alkanes of at least 4 members (excludes halogenated alkanes) is 1. The number of benzene rings is 1. The predicted molar refractivity (Wildman–Crippen MR) is 98.6 cm³/mol. The van der Waals surface area contributed by atoms with Gasteiger partial charge in [-0.1, -0.05) is 6.07 Å². The third-order valence-corrected chi connectivity index (χ3v) is 4.76. The molecule has 0 radical (unpaired) electrons. The number of hydrogen-bond donors (Lipinski definition) is 3. The Morgan fingerprint density at radius 1 is 1.30 bits per heavy atom. The van der Waals surface area contributed by atoms with Crippen LogP contribution >= 0.6 is 0 Å². The first kappa shape index (κ1) is 18.7. The average Bonchev–Trinajstić information content (AvgIpc) is 2.87. The van der Waals surface area contributed by atoms with Crippen LogP contribution in [0.2, 0.25) is 0 Å². The number of aliphatic carboxylic acids is 1. The van der Waals surface area contributed by atoms with E-state index in [1.54, 1.807) is 19.2 Å². The van der Waals surface area contributed by atoms with Gasteiger partial charge in [-0.25, -0.2) is 4.79 Å². The molecule has 9 nitrogen and oxygen atoms in total. The second-order valence-corrected chi connectivity index (χ2v) is 6.63. The number of carbonyl (C=O) groups is 3. The SMILES string of the molecule is Cn1c(=O)n(C2CCC(=O)NC2=O)c2cccc(NCCCCC(=O)O)c21. The Balaban J connectivity index is 1.89. The van der Waals surface area contributed by atoms with Crippen LogP contribution in [0.4, 0.5) is 5.69 Å². The molecule has 144 valence electrons. The van der Waals surface area contributed by atoms with E-state index >= 15 is 0 Å². The molecule has 27 heavy (non-hydrogen) atoms. The number of hydrogen-bond acceptors (Lipinski definition) is 5. The Morgan fingerprint density at radius 2 is 2.07 bits per heavy atom. The van der Waals surface area contributed by atoms with Crippen molar-refractivity contribution in [2.24, 2.45) is 7.05 Å². The lowest BCUT2D eigenvalue weighted by atomic mass is 10.1. The summed E-state index contributed by atoms with van der Waals surface area (Å²) in [6, 6.07) is 4.69. The third-order valence-electron chi connectivity index (χ3n) is 4.76. The summed E-state index contributed by atoms with van der Waals surface area (Å²) in [5, 5.41) is 14.2. The molecule has 1 fully saturated rings. The van der Waals surface area contributed by atoms with E-state index in [9.17, 15) is 19.2 Å². The molecule has 9 heteroatoms. The molecule has 3 rings (SSSR count). The largest absolute Gasteiger partial charge is 0.481 e. The van der Waals surface area contributed by atoms with E-state index in [-0.39, 0.29) is 30.9 Å². The van der Waals surface area contributed by atoms with Crippen LogP contribution in [0.5, 0.6) is 0 Å². The quantitative estimate of drug-likeness (QED) is 0.491. The molecule has 0 aliphatic carbocycles. The summed E-state index contributed by atoms with van der Waals surface area (Å²) < 4.78 is 2.92. The van der Waals surface area contributed by atoms with E-state index in [0.29, 0.717) is 30.4 Å². The van der Waals surface area contributed by atoms with Crippen molar-refractivity contribution in [2.45, 2.75) is 38.1 Å². The van der Waals surface area contributed by atoms with Gasteiger partial charge in [-0.05, 0) is 31.4 Å². The monoisotopic (exact) mass is 374 g/mol. The normalized spacial score (nSPS) is 17.1. The Labute approximate surface area is 155 Å². The number of anilines is 1. The summed E-state index contributed by atoms with van der Waals surface area (Å²) in [5.74, 6) is -1.61. The van der Waals surface area contributed by atoms with Gasteiger partial charge in [0, 0.05) is 26.4 Å². The van der Waals surface area contributed by atoms with E-state index in [0.717, 1.165) is 5.69 Å². The lowest BCUT2D eigenvalue weighted by Gasteiger charge is -2.22. The van der Waals surface area contributed by atoms with Gasteiger partial charge in [-0.15, -0.1) is 0 Å². The molecular formula is C18H22N4O5. The van der Waals surface area contributed by atoms with Crippen LogP contribution in [0.25, 0.3) is 11.0 Å². The van der Waals surface area contributed by atoms with Crippen molar-refractivity contribution in [3.05, 3.63) is 28.7 Å². The van der Waals surface area contributed by atoms with Crippen molar-refractivity contribution in [2.75, 3.05) is 11.9 Å². The van der Waals surface area contributed by atoms with Gasteiger partial charge in [-0.3, -0.25) is 28.8 Å². The molecule has 1 aliphatic heterocycles. The number of carboxylic acids is 1. The van der Waals surface area contributed by atoms with E-state index in [2.05, 4.69) is 10.6 Å². The van der Waals surface area contributed by atoms with Gasteiger partial charge in [0.1, 0.15) is 6.04 Å². The molecule has 2 amide bonds. The minimum Gasteiger partial charge on any atom is -0.481 e. The zero-order valence-electron chi connectivity index (χ0n) is 15.0. The van der Waals surface area contributed by atoms with Crippen molar-refractivity contribution in [1.29, 1.82) is 0 Å². The van der Waals surface area contributed by atoms with Gasteiger partial charge in [0.2, 0.25) is 11.8 Å². The highest BCUT2D eigenvalue weighted by Gasteiger charge is 2.31. The number of imidazole rings is 1. The number of piperidine rings is 1. The van der Waals surface area contributed by atoms with Crippen LogP contribution in [0.15, 0.2) is 23.0 Å². The molecule has 1 saturated heterocycles. The molecule has 2 heterocycles. The highest BCUT2D eigenvalue weighted by molar-refractivity contribution is 6.00. The summed E-state index contributed by atoms with van der Waals surface area (Å²) in [4.78, 5) is 47.0. The smallest absolute Gasteiger partial charge is 0.329 e. The van der Waals surface area contributed by atoms with Gasteiger partial charge in [-0.2, -0.15) is 0 Å². The van der Waals surface area contributed by atoms with Crippen molar-refractivity contribution >= 4 is 34.5 Å². The summed E-state index contributed by atoms with van der Waals surface area (Å²) in [5.41, 5.74) is 1.71. The molecule has 1 atom stereocenters. The minimum absolute atomic E-state index is 0.121. The Morgan fingerprint density at radius 3 is 2.78 bits per heavy atom. The first-order valence-electron chi connectivity index (χ1n) is 8.89. The van der Waals surface area contributed by atoms with E-state index in [4.69, 9.17) is 5.11 Å². The molecule has 1 aromatic heterocycles. The molecule has 1 aromatic carbocycles. The van der Waals surface area contributed by atoms with Crippen LogP contribution < -0.4 is 16.3 Å². The molecule has 0 saturated carbocycles. The zero-order valence-corrected chi connectivity index (χ0v) is 15.0. The van der Waals surface area contributed by atoms with Crippen molar-refractivity contribution in [3.63, 3.8) is 0 Å². The number of fused-ring (bicyclic) bond motifs is 1. The van der Waals surface area contributed by atoms with Gasteiger partial charge >= 0.3 is 11.7 Å². The number of aryl methyl sites for hydroxylation is 1. The minimum atomic E-state index is -0.819.